The first-order chi connectivity index (χ1) is 15.0. The summed E-state index contributed by atoms with van der Waals surface area (Å²) in [5, 5.41) is 8.91. The maximum Gasteiger partial charge on any atom is 0.242 e. The van der Waals surface area contributed by atoms with Gasteiger partial charge in [0.05, 0.1) is 32.2 Å². The van der Waals surface area contributed by atoms with E-state index in [1.165, 1.54) is 23.9 Å². The number of hydrogen-bond donors (Lipinski definition) is 0. The predicted octanol–water partition coefficient (Wildman–Crippen LogP) is 4.87. The Morgan fingerprint density at radius 1 is 1.13 bits per heavy atom. The second-order valence-electron chi connectivity index (χ2n) is 7.04. The number of ether oxygens (including phenoxy) is 2. The molecule has 0 radical (unpaired) electrons. The Hall–Kier alpha value is -2.87. The van der Waals surface area contributed by atoms with Gasteiger partial charge in [-0.25, -0.2) is 4.39 Å². The van der Waals surface area contributed by atoms with E-state index in [9.17, 15) is 9.18 Å². The summed E-state index contributed by atoms with van der Waals surface area (Å²) in [5.74, 6) is 0.942. The number of amides is 1. The third-order valence-electron chi connectivity index (χ3n) is 4.85. The van der Waals surface area contributed by atoms with Gasteiger partial charge in [0, 0.05) is 0 Å². The summed E-state index contributed by atoms with van der Waals surface area (Å²) < 4.78 is 23.8. The van der Waals surface area contributed by atoms with E-state index in [-0.39, 0.29) is 17.0 Å². The van der Waals surface area contributed by atoms with Gasteiger partial charge in [0.2, 0.25) is 5.91 Å². The van der Waals surface area contributed by atoms with E-state index < -0.39 is 0 Å². The maximum atomic E-state index is 13.2. The first-order valence-corrected chi connectivity index (χ1v) is 11.0. The number of halogens is 1. The third kappa shape index (κ3) is 5.85. The van der Waals surface area contributed by atoms with Crippen molar-refractivity contribution in [2.75, 3.05) is 14.2 Å². The van der Waals surface area contributed by atoms with Crippen molar-refractivity contribution in [3.05, 3.63) is 59.4 Å². The number of thioether (sulfide) groups is 1. The second-order valence-corrected chi connectivity index (χ2v) is 8.21. The minimum atomic E-state index is -0.305. The van der Waals surface area contributed by atoms with Crippen molar-refractivity contribution in [1.82, 2.24) is 4.90 Å². The number of carbonyl (C=O) groups excluding carboxylic acids is 1. The minimum Gasteiger partial charge on any atom is -0.493 e. The molecule has 0 N–H and O–H groups in total. The topological polar surface area (TPSA) is 63.5 Å². The highest BCUT2D eigenvalue weighted by Gasteiger charge is 2.37. The minimum absolute atomic E-state index is 0.0165. The van der Waals surface area contributed by atoms with Crippen molar-refractivity contribution in [1.29, 1.82) is 0 Å². The molecule has 0 saturated carbocycles. The largest absolute Gasteiger partial charge is 0.493 e. The lowest BCUT2D eigenvalue weighted by Crippen LogP contribution is -2.31. The normalized spacial score (nSPS) is 17.7. The van der Waals surface area contributed by atoms with Crippen LogP contribution in [-0.2, 0) is 11.3 Å². The van der Waals surface area contributed by atoms with Crippen molar-refractivity contribution in [3.63, 3.8) is 0 Å². The van der Waals surface area contributed by atoms with E-state index in [2.05, 4.69) is 17.1 Å². The number of hydrogen-bond acceptors (Lipinski definition) is 6. The number of methoxy groups -OCH3 is 2. The van der Waals surface area contributed by atoms with Crippen molar-refractivity contribution < 1.29 is 18.7 Å². The van der Waals surface area contributed by atoms with Gasteiger partial charge in [-0.2, -0.15) is 5.10 Å². The summed E-state index contributed by atoms with van der Waals surface area (Å²) in [4.78, 5) is 14.6. The van der Waals surface area contributed by atoms with Gasteiger partial charge < -0.3 is 9.47 Å². The molecule has 2 aromatic carbocycles. The van der Waals surface area contributed by atoms with Crippen LogP contribution in [0.3, 0.4) is 0 Å². The van der Waals surface area contributed by atoms with Gasteiger partial charge in [-0.3, -0.25) is 9.69 Å². The zero-order valence-corrected chi connectivity index (χ0v) is 18.7. The van der Waals surface area contributed by atoms with Gasteiger partial charge in [-0.15, -0.1) is 5.10 Å². The molecule has 31 heavy (non-hydrogen) atoms. The van der Waals surface area contributed by atoms with Crippen molar-refractivity contribution in [3.8, 4) is 11.5 Å². The van der Waals surface area contributed by atoms with E-state index in [1.807, 2.05) is 6.07 Å². The molecule has 0 aliphatic carbocycles. The molecule has 1 fully saturated rings. The van der Waals surface area contributed by atoms with Gasteiger partial charge in [-0.1, -0.05) is 43.7 Å². The van der Waals surface area contributed by atoms with Gasteiger partial charge in [0.1, 0.15) is 5.82 Å². The quantitative estimate of drug-likeness (QED) is 0.410. The Bertz CT molecular complexity index is 963. The molecular weight excluding hydrogens is 417 g/mol. The molecular formula is C23H26FN3O3S. The molecule has 2 aromatic rings. The highest BCUT2D eigenvalue weighted by molar-refractivity contribution is 8.15. The molecule has 1 aliphatic heterocycles. The molecule has 1 atom stereocenters. The highest BCUT2D eigenvalue weighted by Crippen LogP contribution is 2.32. The van der Waals surface area contributed by atoms with Crippen LogP contribution in [0.15, 0.2) is 52.7 Å². The smallest absolute Gasteiger partial charge is 0.242 e. The van der Waals surface area contributed by atoms with E-state index in [1.54, 1.807) is 49.6 Å². The zero-order valence-electron chi connectivity index (χ0n) is 17.9. The zero-order chi connectivity index (χ0) is 22.2. The summed E-state index contributed by atoms with van der Waals surface area (Å²) in [6, 6.07) is 11.6. The van der Waals surface area contributed by atoms with Crippen LogP contribution in [-0.4, -0.2) is 41.7 Å². The lowest BCUT2D eigenvalue weighted by molar-refractivity contribution is -0.126. The van der Waals surface area contributed by atoms with Gasteiger partial charge in [0.25, 0.3) is 0 Å². The monoisotopic (exact) mass is 443 g/mol. The Labute approximate surface area is 186 Å². The summed E-state index contributed by atoms with van der Waals surface area (Å²) in [7, 11) is 3.15. The van der Waals surface area contributed by atoms with Crippen LogP contribution in [0.1, 0.15) is 37.3 Å². The highest BCUT2D eigenvalue weighted by atomic mass is 32.2. The van der Waals surface area contributed by atoms with Crippen LogP contribution in [0.2, 0.25) is 0 Å². The fourth-order valence-electron chi connectivity index (χ4n) is 3.15. The predicted molar refractivity (Wildman–Crippen MR) is 122 cm³/mol. The molecule has 8 heteroatoms. The average molecular weight is 444 g/mol. The molecule has 1 heterocycles. The second kappa shape index (κ2) is 10.9. The Kier molecular flexibility index (Phi) is 8.06. The number of benzene rings is 2. The van der Waals surface area contributed by atoms with Crippen LogP contribution in [0.25, 0.3) is 0 Å². The number of nitrogens with zero attached hydrogens (tertiary/aromatic N) is 3. The lowest BCUT2D eigenvalue weighted by atomic mass is 10.1. The van der Waals surface area contributed by atoms with Crippen LogP contribution in [0, 0.1) is 5.82 Å². The fourth-order valence-corrected chi connectivity index (χ4v) is 4.30. The lowest BCUT2D eigenvalue weighted by Gasteiger charge is -2.16. The maximum absolute atomic E-state index is 13.2. The van der Waals surface area contributed by atoms with Crippen LogP contribution in [0.5, 0.6) is 11.5 Å². The molecule has 1 aliphatic rings. The summed E-state index contributed by atoms with van der Waals surface area (Å²) in [6.45, 7) is 2.43. The number of amidine groups is 1. The number of rotatable bonds is 9. The van der Waals surface area contributed by atoms with Crippen LogP contribution in [0.4, 0.5) is 4.39 Å². The Morgan fingerprint density at radius 3 is 2.55 bits per heavy atom. The van der Waals surface area contributed by atoms with E-state index in [0.717, 1.165) is 30.4 Å². The third-order valence-corrected chi connectivity index (χ3v) is 6.09. The summed E-state index contributed by atoms with van der Waals surface area (Å²) in [6.07, 6.45) is 4.38. The van der Waals surface area contributed by atoms with Crippen molar-refractivity contribution in [2.24, 2.45) is 10.2 Å². The summed E-state index contributed by atoms with van der Waals surface area (Å²) >= 11 is 1.43. The number of carbonyl (C=O) groups is 1. The molecule has 6 nitrogen and oxygen atoms in total. The molecule has 3 rings (SSSR count). The molecule has 1 saturated heterocycles. The van der Waals surface area contributed by atoms with E-state index in [0.29, 0.717) is 23.2 Å². The van der Waals surface area contributed by atoms with Crippen molar-refractivity contribution >= 4 is 29.1 Å². The Balaban J connectivity index is 1.80. The average Bonchev–Trinajstić information content (AvgIpc) is 3.08. The molecule has 0 aromatic heterocycles. The SMILES string of the molecule is CCCC[C@@H]1S/C(=N/N=C\c2ccc(OC)c(OC)c2)N(Cc2ccc(F)cc2)C1=O. The molecule has 0 unspecified atom stereocenters. The van der Waals surface area contributed by atoms with Crippen molar-refractivity contribution in [2.45, 2.75) is 38.0 Å². The number of unbranched alkanes of at least 4 members (excludes halogenated alkanes) is 1. The van der Waals surface area contributed by atoms with E-state index >= 15 is 0 Å². The molecule has 0 spiro atoms. The van der Waals surface area contributed by atoms with Gasteiger partial charge >= 0.3 is 0 Å². The van der Waals surface area contributed by atoms with Gasteiger partial charge in [0.15, 0.2) is 16.7 Å². The summed E-state index contributed by atoms with van der Waals surface area (Å²) in [5.41, 5.74) is 1.63. The van der Waals surface area contributed by atoms with Crippen LogP contribution < -0.4 is 9.47 Å². The van der Waals surface area contributed by atoms with E-state index in [4.69, 9.17) is 9.47 Å². The molecule has 0 bridgehead atoms. The molecule has 164 valence electrons. The molecule has 1 amide bonds. The standard InChI is InChI=1S/C23H26FN3O3S/c1-4-5-6-21-22(28)27(15-16-7-10-18(24)11-8-16)23(31-21)26-25-14-17-9-12-19(29-2)20(13-17)30-3/h7-14,21H,4-6,15H2,1-3H3/b25-14-,26-23+/t21-/m0/s1. The first kappa shape index (κ1) is 22.8. The van der Waals surface area contributed by atoms with Crippen LogP contribution >= 0.6 is 11.8 Å². The fraction of sp³-hybridized carbons (Fsp3) is 0.348. The van der Waals surface area contributed by atoms with Gasteiger partial charge in [-0.05, 0) is 47.9 Å². The Morgan fingerprint density at radius 2 is 1.87 bits per heavy atom. The first-order valence-electron chi connectivity index (χ1n) is 10.1.